The van der Waals surface area contributed by atoms with Gasteiger partial charge in [-0.3, -0.25) is 4.98 Å². The van der Waals surface area contributed by atoms with Gasteiger partial charge in [0.2, 0.25) is 0 Å². The van der Waals surface area contributed by atoms with Gasteiger partial charge in [-0.2, -0.15) is 0 Å². The fourth-order valence-corrected chi connectivity index (χ4v) is 0.760. The van der Waals surface area contributed by atoms with Gasteiger partial charge in [0.05, 0.1) is 0 Å². The number of aliphatic hydroxyl groups is 1. The molecule has 0 amide bonds. The van der Waals surface area contributed by atoms with E-state index in [1.165, 1.54) is 0 Å². The molecule has 1 heterocycles. The molecule has 0 aliphatic rings. The smallest absolute Gasteiger partial charge is 0.148 e. The summed E-state index contributed by atoms with van der Waals surface area (Å²) in [5, 5.41) is 9.53. The second kappa shape index (κ2) is 2.73. The molecule has 1 aromatic heterocycles. The molecule has 0 bridgehead atoms. The van der Waals surface area contributed by atoms with Crippen molar-refractivity contribution in [2.45, 2.75) is 12.5 Å². The molecule has 0 fully saturated rings. The van der Waals surface area contributed by atoms with E-state index in [1.54, 1.807) is 31.5 Å². The van der Waals surface area contributed by atoms with Crippen LogP contribution in [0.1, 0.15) is 12.5 Å². The zero-order chi connectivity index (χ0) is 8.32. The molecular formula is C9H9NO. The molecule has 1 rings (SSSR count). The van der Waals surface area contributed by atoms with Gasteiger partial charge >= 0.3 is 0 Å². The van der Waals surface area contributed by atoms with E-state index in [1.807, 2.05) is 0 Å². The second-order valence-corrected chi connectivity index (χ2v) is 2.45. The zero-order valence-electron chi connectivity index (χ0n) is 6.28. The average molecular weight is 147 g/mol. The zero-order valence-corrected chi connectivity index (χ0v) is 6.28. The van der Waals surface area contributed by atoms with Crippen molar-refractivity contribution in [1.29, 1.82) is 0 Å². The van der Waals surface area contributed by atoms with Gasteiger partial charge < -0.3 is 5.11 Å². The first kappa shape index (κ1) is 7.77. The maximum absolute atomic E-state index is 9.53. The van der Waals surface area contributed by atoms with Crippen LogP contribution in [0.3, 0.4) is 0 Å². The standard InChI is InChI=1S/C9H9NO/c1-3-9(2,11)8-4-6-10-7-5-8/h1,4-7,11H,2H3. The molecule has 0 aliphatic heterocycles. The Hall–Kier alpha value is -1.33. The van der Waals surface area contributed by atoms with E-state index >= 15 is 0 Å². The molecule has 0 radical (unpaired) electrons. The minimum atomic E-state index is -1.18. The lowest BCUT2D eigenvalue weighted by Crippen LogP contribution is -2.17. The molecule has 0 saturated carbocycles. The Kier molecular flexibility index (Phi) is 1.93. The van der Waals surface area contributed by atoms with Crippen molar-refractivity contribution in [2.24, 2.45) is 0 Å². The number of nitrogens with zero attached hydrogens (tertiary/aromatic N) is 1. The summed E-state index contributed by atoms with van der Waals surface area (Å²) in [4.78, 5) is 3.81. The van der Waals surface area contributed by atoms with Crippen LogP contribution in [0.25, 0.3) is 0 Å². The predicted molar refractivity (Wildman–Crippen MR) is 42.6 cm³/mol. The highest BCUT2D eigenvalue weighted by molar-refractivity contribution is 5.26. The van der Waals surface area contributed by atoms with E-state index in [0.717, 1.165) is 0 Å². The molecule has 2 heteroatoms. The summed E-state index contributed by atoms with van der Waals surface area (Å²) in [6, 6.07) is 3.39. The topological polar surface area (TPSA) is 33.1 Å². The summed E-state index contributed by atoms with van der Waals surface area (Å²) in [6.45, 7) is 1.57. The van der Waals surface area contributed by atoms with Crippen LogP contribution in [-0.4, -0.2) is 10.1 Å². The van der Waals surface area contributed by atoms with E-state index in [-0.39, 0.29) is 0 Å². The van der Waals surface area contributed by atoms with Crippen LogP contribution in [0.4, 0.5) is 0 Å². The Morgan fingerprint density at radius 3 is 2.55 bits per heavy atom. The highest BCUT2D eigenvalue weighted by Gasteiger charge is 2.18. The molecule has 56 valence electrons. The van der Waals surface area contributed by atoms with Crippen molar-refractivity contribution >= 4 is 0 Å². The normalized spacial score (nSPS) is 15.0. The van der Waals surface area contributed by atoms with Crippen LogP contribution >= 0.6 is 0 Å². The molecule has 0 saturated heterocycles. The number of hydrogen-bond acceptors (Lipinski definition) is 2. The minimum Gasteiger partial charge on any atom is -0.374 e. The molecule has 0 spiro atoms. The fourth-order valence-electron chi connectivity index (χ4n) is 0.760. The monoisotopic (exact) mass is 147 g/mol. The van der Waals surface area contributed by atoms with Gasteiger partial charge in [0.25, 0.3) is 0 Å². The predicted octanol–water partition coefficient (Wildman–Crippen LogP) is 0.922. The van der Waals surface area contributed by atoms with Gasteiger partial charge in [-0.15, -0.1) is 6.42 Å². The van der Waals surface area contributed by atoms with Crippen LogP contribution in [0.15, 0.2) is 24.5 Å². The number of pyridine rings is 1. The summed E-state index contributed by atoms with van der Waals surface area (Å²) in [6.07, 6.45) is 8.31. The third kappa shape index (κ3) is 1.57. The first-order valence-electron chi connectivity index (χ1n) is 3.27. The molecule has 1 atom stereocenters. The number of aromatic nitrogens is 1. The van der Waals surface area contributed by atoms with Crippen LogP contribution in [0.2, 0.25) is 0 Å². The first-order chi connectivity index (χ1) is 5.17. The molecule has 1 N–H and O–H groups in total. The summed E-state index contributed by atoms with van der Waals surface area (Å²) in [5.41, 5.74) is -0.488. The van der Waals surface area contributed by atoms with E-state index in [9.17, 15) is 5.11 Å². The Morgan fingerprint density at radius 2 is 2.09 bits per heavy atom. The first-order valence-corrected chi connectivity index (χ1v) is 3.27. The quantitative estimate of drug-likeness (QED) is 0.599. The van der Waals surface area contributed by atoms with Crippen LogP contribution in [0, 0.1) is 12.3 Å². The summed E-state index contributed by atoms with van der Waals surface area (Å²) in [7, 11) is 0. The molecule has 1 aromatic rings. The highest BCUT2D eigenvalue weighted by Crippen LogP contribution is 2.17. The van der Waals surface area contributed by atoms with Gasteiger partial charge in [-0.25, -0.2) is 0 Å². The third-order valence-electron chi connectivity index (χ3n) is 1.52. The lowest BCUT2D eigenvalue weighted by atomic mass is 9.99. The van der Waals surface area contributed by atoms with Crippen molar-refractivity contribution < 1.29 is 5.11 Å². The molecular weight excluding hydrogens is 138 g/mol. The van der Waals surface area contributed by atoms with Crippen LogP contribution in [0.5, 0.6) is 0 Å². The van der Waals surface area contributed by atoms with Gasteiger partial charge in [0, 0.05) is 12.4 Å². The second-order valence-electron chi connectivity index (χ2n) is 2.45. The molecule has 2 nitrogen and oxygen atoms in total. The summed E-state index contributed by atoms with van der Waals surface area (Å²) < 4.78 is 0. The maximum atomic E-state index is 9.53. The summed E-state index contributed by atoms with van der Waals surface area (Å²) in [5.74, 6) is 2.29. The lowest BCUT2D eigenvalue weighted by molar-refractivity contribution is 0.122. The molecule has 0 aromatic carbocycles. The number of rotatable bonds is 1. The Bertz CT molecular complexity index is 271. The maximum Gasteiger partial charge on any atom is 0.148 e. The SMILES string of the molecule is C#CC(C)(O)c1ccncc1. The van der Waals surface area contributed by atoms with Crippen molar-refractivity contribution in [1.82, 2.24) is 4.98 Å². The highest BCUT2D eigenvalue weighted by atomic mass is 16.3. The summed E-state index contributed by atoms with van der Waals surface area (Å²) >= 11 is 0. The van der Waals surface area contributed by atoms with Gasteiger partial charge in [0.15, 0.2) is 0 Å². The Balaban J connectivity index is 3.05. The van der Waals surface area contributed by atoms with Crippen molar-refractivity contribution in [3.05, 3.63) is 30.1 Å². The Morgan fingerprint density at radius 1 is 1.55 bits per heavy atom. The van der Waals surface area contributed by atoms with Gasteiger partial charge in [-0.05, 0) is 24.6 Å². The molecule has 0 aliphatic carbocycles. The van der Waals surface area contributed by atoms with Crippen LogP contribution < -0.4 is 0 Å². The Labute approximate surface area is 65.9 Å². The van der Waals surface area contributed by atoms with Gasteiger partial charge in [0.1, 0.15) is 5.60 Å². The average Bonchev–Trinajstić information content (AvgIpc) is 2.06. The third-order valence-corrected chi connectivity index (χ3v) is 1.52. The van der Waals surface area contributed by atoms with Crippen molar-refractivity contribution in [2.75, 3.05) is 0 Å². The number of hydrogen-bond donors (Lipinski definition) is 1. The fraction of sp³-hybridized carbons (Fsp3) is 0.222. The minimum absolute atomic E-state index is 0.690. The largest absolute Gasteiger partial charge is 0.374 e. The van der Waals surface area contributed by atoms with E-state index < -0.39 is 5.60 Å². The van der Waals surface area contributed by atoms with Crippen molar-refractivity contribution in [3.8, 4) is 12.3 Å². The van der Waals surface area contributed by atoms with Crippen molar-refractivity contribution in [3.63, 3.8) is 0 Å². The van der Waals surface area contributed by atoms with E-state index in [2.05, 4.69) is 10.9 Å². The lowest BCUT2D eigenvalue weighted by Gasteiger charge is -2.15. The van der Waals surface area contributed by atoms with E-state index in [4.69, 9.17) is 6.42 Å². The van der Waals surface area contributed by atoms with Gasteiger partial charge in [-0.1, -0.05) is 5.92 Å². The van der Waals surface area contributed by atoms with E-state index in [0.29, 0.717) is 5.56 Å². The molecule has 11 heavy (non-hydrogen) atoms. The van der Waals surface area contributed by atoms with Crippen LogP contribution in [-0.2, 0) is 5.60 Å². The number of terminal acetylenes is 1. The molecule has 1 unspecified atom stereocenters.